The molecule has 3 aliphatic carbocycles. The van der Waals surface area contributed by atoms with Crippen LogP contribution in [-0.4, -0.2) is 28.2 Å². The van der Waals surface area contributed by atoms with Gasteiger partial charge in [-0.2, -0.15) is 0 Å². The zero-order chi connectivity index (χ0) is 16.6. The number of aliphatic hydroxyl groups excluding tert-OH is 2. The minimum atomic E-state index is -0.397. The Balaban J connectivity index is 1.71. The van der Waals surface area contributed by atoms with Crippen molar-refractivity contribution in [2.45, 2.75) is 77.4 Å². The van der Waals surface area contributed by atoms with Crippen LogP contribution in [0.4, 0.5) is 0 Å². The molecule has 23 heavy (non-hydrogen) atoms. The Labute approximate surface area is 140 Å². The number of hydrogen-bond donors (Lipinski definition) is 2. The molecule has 2 N–H and O–H groups in total. The van der Waals surface area contributed by atoms with Gasteiger partial charge in [0.2, 0.25) is 0 Å². The quantitative estimate of drug-likeness (QED) is 0.780. The topological polar surface area (TPSA) is 57.5 Å². The second-order valence-electron chi connectivity index (χ2n) is 8.28. The van der Waals surface area contributed by atoms with E-state index in [0.717, 1.165) is 25.7 Å². The maximum atomic E-state index is 12.4. The number of carbonyl (C=O) groups is 1. The lowest BCUT2D eigenvalue weighted by atomic mass is 9.44. The minimum absolute atomic E-state index is 0.0228. The highest BCUT2D eigenvalue weighted by Crippen LogP contribution is 2.59. The normalized spacial score (nSPS) is 43.2. The first-order chi connectivity index (χ1) is 11.0. The zero-order valence-corrected chi connectivity index (χ0v) is 14.6. The van der Waals surface area contributed by atoms with Gasteiger partial charge in [0.1, 0.15) is 5.78 Å². The number of carbonyl (C=O) groups excluding carboxylic acids is 1. The Morgan fingerprint density at radius 2 is 1.96 bits per heavy atom. The minimum Gasteiger partial charge on any atom is -0.393 e. The smallest absolute Gasteiger partial charge is 0.142 e. The molecule has 0 saturated heterocycles. The number of aliphatic hydroxyl groups is 2. The van der Waals surface area contributed by atoms with E-state index in [9.17, 15) is 15.0 Å². The van der Waals surface area contributed by atoms with E-state index in [0.29, 0.717) is 18.1 Å². The maximum Gasteiger partial charge on any atom is 0.142 e. The second-order valence-corrected chi connectivity index (χ2v) is 8.28. The van der Waals surface area contributed by atoms with Crippen LogP contribution in [0.3, 0.4) is 0 Å². The molecule has 0 aromatic heterocycles. The third-order valence-electron chi connectivity index (χ3n) is 6.99. The molecule has 0 heterocycles. The lowest BCUT2D eigenvalue weighted by molar-refractivity contribution is -0.172. The van der Waals surface area contributed by atoms with Crippen molar-refractivity contribution in [3.63, 3.8) is 0 Å². The molecule has 0 spiro atoms. The summed E-state index contributed by atoms with van der Waals surface area (Å²) in [6, 6.07) is 0. The van der Waals surface area contributed by atoms with Gasteiger partial charge in [0, 0.05) is 17.3 Å². The van der Waals surface area contributed by atoms with E-state index in [1.807, 2.05) is 12.2 Å². The third kappa shape index (κ3) is 2.91. The van der Waals surface area contributed by atoms with Gasteiger partial charge in [0.25, 0.3) is 0 Å². The van der Waals surface area contributed by atoms with Gasteiger partial charge >= 0.3 is 0 Å². The van der Waals surface area contributed by atoms with E-state index < -0.39 is 6.10 Å². The lowest BCUT2D eigenvalue weighted by Crippen LogP contribution is -2.62. The van der Waals surface area contributed by atoms with Crippen LogP contribution in [0.1, 0.15) is 65.2 Å². The number of hydrogen-bond acceptors (Lipinski definition) is 3. The van der Waals surface area contributed by atoms with Crippen molar-refractivity contribution in [3.05, 3.63) is 12.2 Å². The Hall–Kier alpha value is -0.670. The van der Waals surface area contributed by atoms with Gasteiger partial charge in [0.15, 0.2) is 0 Å². The number of fused-ring (bicyclic) bond motifs is 1. The van der Waals surface area contributed by atoms with Gasteiger partial charge in [0.05, 0.1) is 12.2 Å². The monoisotopic (exact) mass is 320 g/mol. The Morgan fingerprint density at radius 3 is 2.61 bits per heavy atom. The summed E-state index contributed by atoms with van der Waals surface area (Å²) in [6.07, 6.45) is 11.5. The van der Waals surface area contributed by atoms with Crippen LogP contribution < -0.4 is 0 Å². The molecule has 3 aliphatic rings. The van der Waals surface area contributed by atoms with Gasteiger partial charge in [-0.05, 0) is 43.9 Å². The molecule has 0 aliphatic heterocycles. The molecule has 0 radical (unpaired) electrons. The highest BCUT2D eigenvalue weighted by Gasteiger charge is 2.62. The van der Waals surface area contributed by atoms with Crippen LogP contribution in [0, 0.1) is 29.1 Å². The van der Waals surface area contributed by atoms with Crippen LogP contribution in [0.25, 0.3) is 0 Å². The molecular weight excluding hydrogens is 288 g/mol. The number of ketones is 1. The van der Waals surface area contributed by atoms with E-state index in [2.05, 4.69) is 13.8 Å². The summed E-state index contributed by atoms with van der Waals surface area (Å²) in [7, 11) is 0. The lowest BCUT2D eigenvalue weighted by Gasteiger charge is -2.58. The summed E-state index contributed by atoms with van der Waals surface area (Å²) >= 11 is 0. The molecule has 0 aromatic carbocycles. The first kappa shape index (κ1) is 17.2. The van der Waals surface area contributed by atoms with Crippen LogP contribution in [0.2, 0.25) is 0 Å². The van der Waals surface area contributed by atoms with Gasteiger partial charge in [-0.3, -0.25) is 4.79 Å². The highest BCUT2D eigenvalue weighted by atomic mass is 16.3. The molecule has 130 valence electrons. The van der Waals surface area contributed by atoms with Crippen molar-refractivity contribution >= 4 is 5.78 Å². The predicted octanol–water partition coefficient (Wildman–Crippen LogP) is 3.49. The number of Topliss-reactive ketones (excluding diaryl/α,β-unsaturated/α-hetero) is 1. The Kier molecular flexibility index (Phi) is 4.98. The fraction of sp³-hybridized carbons (Fsp3) is 0.850. The summed E-state index contributed by atoms with van der Waals surface area (Å²) in [5.74, 6) is 1.13. The first-order valence-electron chi connectivity index (χ1n) is 9.57. The van der Waals surface area contributed by atoms with Crippen molar-refractivity contribution in [2.24, 2.45) is 29.1 Å². The van der Waals surface area contributed by atoms with Crippen molar-refractivity contribution in [1.82, 2.24) is 0 Å². The van der Waals surface area contributed by atoms with Crippen molar-refractivity contribution in [3.8, 4) is 0 Å². The van der Waals surface area contributed by atoms with E-state index in [1.165, 1.54) is 19.3 Å². The molecule has 0 aromatic rings. The summed E-state index contributed by atoms with van der Waals surface area (Å²) in [5, 5.41) is 20.9. The van der Waals surface area contributed by atoms with Crippen molar-refractivity contribution < 1.29 is 15.0 Å². The van der Waals surface area contributed by atoms with Crippen LogP contribution in [0.15, 0.2) is 12.2 Å². The molecule has 6 atom stereocenters. The first-order valence-corrected chi connectivity index (χ1v) is 9.57. The van der Waals surface area contributed by atoms with Crippen molar-refractivity contribution in [2.75, 3.05) is 0 Å². The maximum absolute atomic E-state index is 12.4. The van der Waals surface area contributed by atoms with Gasteiger partial charge < -0.3 is 10.2 Å². The average Bonchev–Trinajstić information content (AvgIpc) is 2.58. The molecule has 3 heteroatoms. The van der Waals surface area contributed by atoms with E-state index in [1.54, 1.807) is 0 Å². The molecular formula is C20H32O3. The molecule has 1 unspecified atom stereocenters. The van der Waals surface area contributed by atoms with E-state index in [-0.39, 0.29) is 29.3 Å². The Morgan fingerprint density at radius 1 is 1.26 bits per heavy atom. The summed E-state index contributed by atoms with van der Waals surface area (Å²) in [4.78, 5) is 12.4. The van der Waals surface area contributed by atoms with Crippen LogP contribution in [0.5, 0.6) is 0 Å². The van der Waals surface area contributed by atoms with E-state index >= 15 is 0 Å². The molecule has 3 fully saturated rings. The van der Waals surface area contributed by atoms with Crippen molar-refractivity contribution in [1.29, 1.82) is 0 Å². The molecule has 0 amide bonds. The molecule has 0 bridgehead atoms. The van der Waals surface area contributed by atoms with E-state index in [4.69, 9.17) is 0 Å². The standard InChI is InChI=1S/C20H32O3/c1-3-14-18-15(17(22)11-12-20(18,2)19(14)23)9-10-16(21)13-7-5-4-6-8-13/h9-10,13-18,21-22H,3-8,11-12H2,1-2H3/t14?,15-,16+,17+,18+,20-/m1/s1. The number of rotatable bonds is 4. The van der Waals surface area contributed by atoms with Gasteiger partial charge in [-0.15, -0.1) is 0 Å². The fourth-order valence-electron chi connectivity index (χ4n) is 5.52. The highest BCUT2D eigenvalue weighted by molar-refractivity contribution is 5.94. The predicted molar refractivity (Wildman–Crippen MR) is 90.8 cm³/mol. The van der Waals surface area contributed by atoms with Crippen LogP contribution in [-0.2, 0) is 4.79 Å². The zero-order valence-electron chi connectivity index (χ0n) is 14.6. The summed E-state index contributed by atoms with van der Waals surface area (Å²) in [6.45, 7) is 4.15. The van der Waals surface area contributed by atoms with Crippen LogP contribution >= 0.6 is 0 Å². The molecule has 3 saturated carbocycles. The fourth-order valence-corrected chi connectivity index (χ4v) is 5.52. The summed E-state index contributed by atoms with van der Waals surface area (Å²) < 4.78 is 0. The Bertz CT molecular complexity index is 466. The second kappa shape index (κ2) is 6.68. The molecule has 3 rings (SSSR count). The van der Waals surface area contributed by atoms with Gasteiger partial charge in [-0.25, -0.2) is 0 Å². The average molecular weight is 320 g/mol. The summed E-state index contributed by atoms with van der Waals surface area (Å²) in [5.41, 5.74) is -0.245. The van der Waals surface area contributed by atoms with Gasteiger partial charge in [-0.1, -0.05) is 45.3 Å². The SMILES string of the molecule is CCC1C(=O)[C@]2(C)CC[C@H](O)[C@@H](C=C[C@H](O)C3CCCCC3)[C@H]12. The molecule has 3 nitrogen and oxygen atoms in total. The largest absolute Gasteiger partial charge is 0.393 e. The third-order valence-corrected chi connectivity index (χ3v) is 6.99.